The van der Waals surface area contributed by atoms with Crippen molar-refractivity contribution in [2.45, 2.75) is 39.5 Å². The van der Waals surface area contributed by atoms with Crippen LogP contribution in [0, 0.1) is 6.92 Å². The van der Waals surface area contributed by atoms with Gasteiger partial charge in [-0.15, -0.1) is 11.3 Å². The normalized spacial score (nSPS) is 14.4. The van der Waals surface area contributed by atoms with Crippen LogP contribution in [0.3, 0.4) is 0 Å². The second-order valence-corrected chi connectivity index (χ2v) is 8.43. The number of benzene rings is 2. The fourth-order valence-corrected chi connectivity index (χ4v) is 5.39. The van der Waals surface area contributed by atoms with Gasteiger partial charge in [-0.3, -0.25) is 5.43 Å². The molecule has 0 spiro atoms. The highest BCUT2D eigenvalue weighted by Gasteiger charge is 2.20. The van der Waals surface area contributed by atoms with E-state index < -0.39 is 0 Å². The van der Waals surface area contributed by atoms with Crippen LogP contribution in [0.5, 0.6) is 0 Å². The third-order valence-corrected chi connectivity index (χ3v) is 6.62. The highest BCUT2D eigenvalue weighted by Crippen LogP contribution is 2.38. The molecule has 0 radical (unpaired) electrons. The molecule has 0 atom stereocenters. The second kappa shape index (κ2) is 6.99. The molecule has 0 unspecified atom stereocenters. The molecule has 0 bridgehead atoms. The Hall–Kier alpha value is -2.79. The van der Waals surface area contributed by atoms with Gasteiger partial charge >= 0.3 is 0 Å². The zero-order valence-corrected chi connectivity index (χ0v) is 16.9. The van der Waals surface area contributed by atoms with Gasteiger partial charge in [-0.25, -0.2) is 9.97 Å². The maximum absolute atomic E-state index is 4.72. The van der Waals surface area contributed by atoms with Gasteiger partial charge in [0.1, 0.15) is 10.7 Å². The van der Waals surface area contributed by atoms with Crippen molar-refractivity contribution in [3.8, 4) is 0 Å². The van der Waals surface area contributed by atoms with Gasteiger partial charge in [-0.2, -0.15) is 5.10 Å². The minimum Gasteiger partial charge on any atom is -0.260 e. The van der Waals surface area contributed by atoms with Crippen LogP contribution in [0.1, 0.15) is 41.6 Å². The molecule has 2 aromatic heterocycles. The van der Waals surface area contributed by atoms with Gasteiger partial charge < -0.3 is 0 Å². The van der Waals surface area contributed by atoms with E-state index in [1.807, 2.05) is 25.2 Å². The summed E-state index contributed by atoms with van der Waals surface area (Å²) in [6.07, 6.45) is 4.79. The summed E-state index contributed by atoms with van der Waals surface area (Å²) in [7, 11) is 0. The molecule has 0 amide bonds. The fraction of sp³-hybridized carbons (Fsp3) is 0.261. The van der Waals surface area contributed by atoms with Crippen molar-refractivity contribution in [3.05, 3.63) is 64.3 Å². The molecule has 4 nitrogen and oxygen atoms in total. The lowest BCUT2D eigenvalue weighted by Crippen LogP contribution is -2.04. The van der Waals surface area contributed by atoms with Gasteiger partial charge in [0.05, 0.1) is 11.1 Å². The van der Waals surface area contributed by atoms with Crippen molar-refractivity contribution >= 4 is 43.9 Å². The Bertz CT molecular complexity index is 1220. The van der Waals surface area contributed by atoms with E-state index in [-0.39, 0.29) is 0 Å². The van der Waals surface area contributed by atoms with E-state index >= 15 is 0 Å². The van der Waals surface area contributed by atoms with Gasteiger partial charge in [0.25, 0.3) is 0 Å². The lowest BCUT2D eigenvalue weighted by atomic mass is 9.97. The van der Waals surface area contributed by atoms with Gasteiger partial charge in [-0.05, 0) is 55.9 Å². The lowest BCUT2D eigenvalue weighted by Gasteiger charge is -2.12. The Morgan fingerprint density at radius 2 is 1.86 bits per heavy atom. The molecule has 5 rings (SSSR count). The van der Waals surface area contributed by atoms with Crippen molar-refractivity contribution in [2.24, 2.45) is 5.10 Å². The SMILES string of the molecule is CC(=NNc1nc(C)nc2sc3c(c12)CCCC3)c1cccc2ccccc12. The lowest BCUT2D eigenvalue weighted by molar-refractivity contribution is 0.700. The van der Waals surface area contributed by atoms with Crippen LogP contribution in [0.25, 0.3) is 21.0 Å². The first-order valence-electron chi connectivity index (χ1n) is 9.78. The van der Waals surface area contributed by atoms with E-state index in [1.165, 1.54) is 39.4 Å². The molecule has 1 N–H and O–H groups in total. The largest absolute Gasteiger partial charge is 0.260 e. The maximum Gasteiger partial charge on any atom is 0.159 e. The van der Waals surface area contributed by atoms with Crippen LogP contribution in [-0.4, -0.2) is 15.7 Å². The van der Waals surface area contributed by atoms with Crippen molar-refractivity contribution in [1.29, 1.82) is 0 Å². The van der Waals surface area contributed by atoms with E-state index in [0.29, 0.717) is 0 Å². The van der Waals surface area contributed by atoms with Gasteiger partial charge in [-0.1, -0.05) is 42.5 Å². The van der Waals surface area contributed by atoms with E-state index in [2.05, 4.69) is 57.9 Å². The molecular formula is C23H22N4S. The average molecular weight is 387 g/mol. The van der Waals surface area contributed by atoms with Crippen LogP contribution in [0.4, 0.5) is 5.82 Å². The number of fused-ring (bicyclic) bond motifs is 4. The molecule has 28 heavy (non-hydrogen) atoms. The third kappa shape index (κ3) is 2.96. The first kappa shape index (κ1) is 17.3. The molecule has 2 aromatic carbocycles. The number of rotatable bonds is 3. The van der Waals surface area contributed by atoms with Crippen LogP contribution in [0.15, 0.2) is 47.6 Å². The standard InChI is InChI=1S/C23H22N4S/c1-14(17-12-7-9-16-8-3-4-10-18(16)17)26-27-22-21-19-11-5-6-13-20(19)28-23(21)25-15(2)24-22/h3-4,7-10,12H,5-6,11,13H2,1-2H3,(H,24,25,27). The predicted octanol–water partition coefficient (Wildman–Crippen LogP) is 5.87. The summed E-state index contributed by atoms with van der Waals surface area (Å²) in [6.45, 7) is 3.99. The molecule has 1 aliphatic rings. The number of thiophene rings is 1. The summed E-state index contributed by atoms with van der Waals surface area (Å²) in [5.41, 5.74) is 6.78. The Kier molecular flexibility index (Phi) is 4.32. The second-order valence-electron chi connectivity index (χ2n) is 7.35. The summed E-state index contributed by atoms with van der Waals surface area (Å²) < 4.78 is 0. The minimum atomic E-state index is 0.784. The number of hydrogen-bond donors (Lipinski definition) is 1. The summed E-state index contributed by atoms with van der Waals surface area (Å²) in [4.78, 5) is 11.9. The number of aryl methyl sites for hydroxylation is 3. The summed E-state index contributed by atoms with van der Waals surface area (Å²) >= 11 is 1.82. The Labute approximate surface area is 168 Å². The van der Waals surface area contributed by atoms with Crippen molar-refractivity contribution in [2.75, 3.05) is 5.43 Å². The van der Waals surface area contributed by atoms with Crippen LogP contribution >= 0.6 is 11.3 Å². The monoisotopic (exact) mass is 386 g/mol. The molecule has 0 aliphatic heterocycles. The van der Waals surface area contributed by atoms with Crippen LogP contribution in [0.2, 0.25) is 0 Å². The molecular weight excluding hydrogens is 364 g/mol. The number of hydrazone groups is 1. The summed E-state index contributed by atoms with van der Waals surface area (Å²) in [5, 5.41) is 8.32. The summed E-state index contributed by atoms with van der Waals surface area (Å²) in [5.74, 6) is 1.62. The minimum absolute atomic E-state index is 0.784. The zero-order valence-electron chi connectivity index (χ0n) is 16.1. The number of nitrogens with one attached hydrogen (secondary N) is 1. The van der Waals surface area contributed by atoms with Crippen molar-refractivity contribution in [1.82, 2.24) is 9.97 Å². The fourth-order valence-electron chi connectivity index (χ4n) is 4.08. The molecule has 0 saturated carbocycles. The van der Waals surface area contributed by atoms with E-state index in [4.69, 9.17) is 5.10 Å². The average Bonchev–Trinajstić information content (AvgIpc) is 3.09. The third-order valence-electron chi connectivity index (χ3n) is 5.44. The first-order valence-corrected chi connectivity index (χ1v) is 10.6. The van der Waals surface area contributed by atoms with Crippen LogP contribution < -0.4 is 5.43 Å². The van der Waals surface area contributed by atoms with E-state index in [9.17, 15) is 0 Å². The molecule has 0 saturated heterocycles. The predicted molar refractivity (Wildman–Crippen MR) is 119 cm³/mol. The van der Waals surface area contributed by atoms with E-state index in [1.54, 1.807) is 0 Å². The Morgan fingerprint density at radius 1 is 1.04 bits per heavy atom. The topological polar surface area (TPSA) is 50.2 Å². The number of hydrogen-bond acceptors (Lipinski definition) is 5. The van der Waals surface area contributed by atoms with Gasteiger partial charge in [0.2, 0.25) is 0 Å². The Morgan fingerprint density at radius 3 is 2.79 bits per heavy atom. The molecule has 2 heterocycles. The first-order chi connectivity index (χ1) is 13.7. The quantitative estimate of drug-likeness (QED) is 0.354. The molecule has 1 aliphatic carbocycles. The molecule has 0 fully saturated rings. The zero-order chi connectivity index (χ0) is 19.1. The van der Waals surface area contributed by atoms with E-state index in [0.717, 1.165) is 40.6 Å². The Balaban J connectivity index is 1.57. The number of nitrogens with zero attached hydrogens (tertiary/aromatic N) is 3. The number of aromatic nitrogens is 2. The maximum atomic E-state index is 4.72. The summed E-state index contributed by atoms with van der Waals surface area (Å²) in [6, 6.07) is 14.8. The highest BCUT2D eigenvalue weighted by molar-refractivity contribution is 7.19. The van der Waals surface area contributed by atoms with Crippen molar-refractivity contribution < 1.29 is 0 Å². The van der Waals surface area contributed by atoms with Gasteiger partial charge in [0, 0.05) is 10.4 Å². The molecule has 4 aromatic rings. The highest BCUT2D eigenvalue weighted by atomic mass is 32.1. The number of anilines is 1. The van der Waals surface area contributed by atoms with Gasteiger partial charge in [0.15, 0.2) is 5.82 Å². The molecule has 5 heteroatoms. The smallest absolute Gasteiger partial charge is 0.159 e. The molecule has 140 valence electrons. The van der Waals surface area contributed by atoms with Crippen LogP contribution in [-0.2, 0) is 12.8 Å². The van der Waals surface area contributed by atoms with Crippen molar-refractivity contribution in [3.63, 3.8) is 0 Å².